The lowest BCUT2D eigenvalue weighted by Crippen LogP contribution is -2.33. The van der Waals surface area contributed by atoms with Crippen LogP contribution in [0.1, 0.15) is 5.56 Å². The minimum absolute atomic E-state index is 0.229. The van der Waals surface area contributed by atoms with E-state index in [4.69, 9.17) is 14.4 Å². The molecule has 7 nitrogen and oxygen atoms in total. The van der Waals surface area contributed by atoms with Crippen LogP contribution in [0.15, 0.2) is 29.3 Å². The van der Waals surface area contributed by atoms with Gasteiger partial charge in [0.2, 0.25) is 0 Å². The number of benzene rings is 1. The molecule has 0 fully saturated rings. The van der Waals surface area contributed by atoms with Crippen molar-refractivity contribution in [2.24, 2.45) is 4.99 Å². The summed E-state index contributed by atoms with van der Waals surface area (Å²) < 4.78 is 15.3. The molecule has 0 unspecified atom stereocenters. The van der Waals surface area contributed by atoms with Gasteiger partial charge in [-0.25, -0.2) is 4.99 Å². The molecule has 0 spiro atoms. The van der Waals surface area contributed by atoms with Crippen LogP contribution in [-0.2, 0) is 20.4 Å². The highest BCUT2D eigenvalue weighted by molar-refractivity contribution is 7.51. The Kier molecular flexibility index (Phi) is 5.91. The van der Waals surface area contributed by atoms with Crippen molar-refractivity contribution in [3.05, 3.63) is 29.8 Å². The highest BCUT2D eigenvalue weighted by Crippen LogP contribution is 2.33. The molecule has 102 valence electrons. The number of aliphatic imine (C=N–C) groups is 1. The lowest BCUT2D eigenvalue weighted by molar-refractivity contribution is -0.107. The lowest BCUT2D eigenvalue weighted by Gasteiger charge is -2.06. The molecule has 0 radical (unpaired) electrons. The third kappa shape index (κ3) is 6.31. The summed E-state index contributed by atoms with van der Waals surface area (Å²) in [5, 5.41) is 9.65. The van der Waals surface area contributed by atoms with E-state index in [9.17, 15) is 14.4 Å². The number of hydrogen-bond acceptors (Lipinski definition) is 5. The van der Waals surface area contributed by atoms with Crippen molar-refractivity contribution in [1.29, 1.82) is 0 Å². The molecule has 1 rings (SSSR count). The van der Waals surface area contributed by atoms with Crippen molar-refractivity contribution >= 4 is 32.9 Å². The van der Waals surface area contributed by atoms with Gasteiger partial charge >= 0.3 is 14.7 Å². The highest BCUT2D eigenvalue weighted by Gasteiger charge is 2.17. The van der Waals surface area contributed by atoms with Gasteiger partial charge in [0.15, 0.2) is 6.40 Å². The largest absolute Gasteiger partial charge is 0.560 e. The summed E-state index contributed by atoms with van der Waals surface area (Å²) in [4.78, 5) is 30.8. The van der Waals surface area contributed by atoms with E-state index in [0.717, 1.165) is 18.3 Å². The number of hydrogen-bond donors (Lipinski definition) is 3. The van der Waals surface area contributed by atoms with Crippen molar-refractivity contribution in [2.45, 2.75) is 6.42 Å². The fourth-order valence-electron chi connectivity index (χ4n) is 1.29. The maximum absolute atomic E-state index is 10.5. The molecular weight excluding hydrogens is 272 g/mol. The Morgan fingerprint density at radius 2 is 2.16 bits per heavy atom. The predicted molar refractivity (Wildman–Crippen MR) is 70.3 cm³/mol. The fourth-order valence-corrected chi connectivity index (χ4v) is 1.57. The molecule has 0 saturated carbocycles. The third-order valence-electron chi connectivity index (χ3n) is 2.09. The molecule has 1 aromatic carbocycles. The van der Waals surface area contributed by atoms with Gasteiger partial charge in [0.05, 0.1) is 0 Å². The van der Waals surface area contributed by atoms with Gasteiger partial charge in [-0.2, -0.15) is 0 Å². The van der Waals surface area contributed by atoms with Crippen LogP contribution in [0, 0.1) is 0 Å². The number of rotatable bonds is 7. The summed E-state index contributed by atoms with van der Waals surface area (Å²) in [5.74, 6) is 0. The first-order chi connectivity index (χ1) is 8.92. The molecular formula is C10H13BNO6P. The smallest absolute Gasteiger partial charge is 0.524 e. The van der Waals surface area contributed by atoms with Crippen LogP contribution in [0.4, 0.5) is 0 Å². The Balaban J connectivity index is 2.58. The number of aldehydes is 1. The lowest BCUT2D eigenvalue weighted by atomic mass is 9.79. The predicted octanol–water partition coefficient (Wildman–Crippen LogP) is -0.704. The molecule has 0 bridgehead atoms. The monoisotopic (exact) mass is 285 g/mol. The zero-order chi connectivity index (χ0) is 14.3. The first-order valence-corrected chi connectivity index (χ1v) is 7.11. The molecule has 1 aromatic rings. The summed E-state index contributed by atoms with van der Waals surface area (Å²) in [7, 11) is -5.53. The van der Waals surface area contributed by atoms with Crippen molar-refractivity contribution in [3.63, 3.8) is 0 Å². The van der Waals surface area contributed by atoms with E-state index in [2.05, 4.69) is 4.99 Å². The summed E-state index contributed by atoms with van der Waals surface area (Å²) in [6.07, 6.45) is 1.06. The Bertz CT molecular complexity index is 503. The minimum atomic E-state index is -4.21. The SMILES string of the molecule is O=CCc1cccc(B(O)OC=NCP(=O)(O)O)c1. The number of nitrogens with zero attached hydrogens (tertiary/aromatic N) is 1. The average molecular weight is 285 g/mol. The Morgan fingerprint density at radius 1 is 1.42 bits per heavy atom. The third-order valence-corrected chi connectivity index (χ3v) is 2.62. The molecule has 0 amide bonds. The number of carbonyl (C=O) groups is 1. The van der Waals surface area contributed by atoms with E-state index in [1.807, 2.05) is 0 Å². The maximum atomic E-state index is 10.5. The molecule has 0 aromatic heterocycles. The molecule has 19 heavy (non-hydrogen) atoms. The molecule has 9 heteroatoms. The fraction of sp³-hybridized carbons (Fsp3) is 0.200. The van der Waals surface area contributed by atoms with Gasteiger partial charge in [-0.05, 0) is 11.0 Å². The molecule has 0 atom stereocenters. The van der Waals surface area contributed by atoms with E-state index in [0.29, 0.717) is 5.46 Å². The van der Waals surface area contributed by atoms with Crippen molar-refractivity contribution in [2.75, 3.05) is 6.29 Å². The first-order valence-electron chi connectivity index (χ1n) is 5.31. The summed E-state index contributed by atoms with van der Waals surface area (Å²) in [6.45, 7) is 0. The topological polar surface area (TPSA) is 116 Å². The highest BCUT2D eigenvalue weighted by atomic mass is 31.2. The Morgan fingerprint density at radius 3 is 2.79 bits per heavy atom. The van der Waals surface area contributed by atoms with E-state index in [1.54, 1.807) is 24.3 Å². The maximum Gasteiger partial charge on any atom is 0.560 e. The quantitative estimate of drug-likeness (QED) is 0.200. The van der Waals surface area contributed by atoms with Crippen molar-refractivity contribution in [1.82, 2.24) is 0 Å². The molecule has 3 N–H and O–H groups in total. The standard InChI is InChI=1S/C10H13BNO6P/c13-5-4-9-2-1-3-10(6-9)11(14)18-7-12-8-19(15,16)17/h1-3,5-7,14H,4,8H2,(H2,15,16,17). The van der Waals surface area contributed by atoms with Gasteiger partial charge in [-0.15, -0.1) is 0 Å². The van der Waals surface area contributed by atoms with Crippen molar-refractivity contribution < 1.29 is 28.8 Å². The van der Waals surface area contributed by atoms with E-state index in [-0.39, 0.29) is 6.42 Å². The van der Waals surface area contributed by atoms with Crippen LogP contribution in [-0.4, -0.2) is 40.9 Å². The van der Waals surface area contributed by atoms with Gasteiger partial charge < -0.3 is 24.3 Å². The summed E-state index contributed by atoms with van der Waals surface area (Å²) in [5.41, 5.74) is 1.14. The summed E-state index contributed by atoms with van der Waals surface area (Å²) >= 11 is 0. The number of carbonyl (C=O) groups excluding carboxylic acids is 1. The molecule has 0 aliphatic carbocycles. The van der Waals surface area contributed by atoms with Gasteiger partial charge in [-0.3, -0.25) is 4.57 Å². The molecule has 0 saturated heterocycles. The summed E-state index contributed by atoms with van der Waals surface area (Å²) in [6, 6.07) is 6.58. The second-order valence-corrected chi connectivity index (χ2v) is 5.31. The molecule has 0 aliphatic rings. The normalized spacial score (nSPS) is 11.5. The average Bonchev–Trinajstić information content (AvgIpc) is 2.34. The zero-order valence-corrected chi connectivity index (χ0v) is 10.8. The Hall–Kier alpha value is -1.47. The molecule has 0 aliphatic heterocycles. The van der Waals surface area contributed by atoms with Crippen LogP contribution in [0.5, 0.6) is 0 Å². The van der Waals surface area contributed by atoms with Gasteiger partial charge in [0.1, 0.15) is 12.6 Å². The second-order valence-electron chi connectivity index (χ2n) is 3.70. The Labute approximate surface area is 110 Å². The van der Waals surface area contributed by atoms with Crippen LogP contribution in [0.2, 0.25) is 0 Å². The van der Waals surface area contributed by atoms with Crippen LogP contribution in [0.3, 0.4) is 0 Å². The van der Waals surface area contributed by atoms with E-state index in [1.165, 1.54) is 0 Å². The molecule has 0 heterocycles. The second kappa shape index (κ2) is 7.20. The van der Waals surface area contributed by atoms with Crippen molar-refractivity contribution in [3.8, 4) is 0 Å². The van der Waals surface area contributed by atoms with Crippen LogP contribution >= 0.6 is 7.60 Å². The zero-order valence-electron chi connectivity index (χ0n) is 9.92. The van der Waals surface area contributed by atoms with Gasteiger partial charge in [0, 0.05) is 6.42 Å². The van der Waals surface area contributed by atoms with Gasteiger partial charge in [0.25, 0.3) is 0 Å². The van der Waals surface area contributed by atoms with Gasteiger partial charge in [-0.1, -0.05) is 24.3 Å². The van der Waals surface area contributed by atoms with E-state index >= 15 is 0 Å². The van der Waals surface area contributed by atoms with Crippen LogP contribution in [0.25, 0.3) is 0 Å². The minimum Gasteiger partial charge on any atom is -0.524 e. The van der Waals surface area contributed by atoms with E-state index < -0.39 is 21.0 Å². The first kappa shape index (κ1) is 15.6. The van der Waals surface area contributed by atoms with Crippen LogP contribution < -0.4 is 5.46 Å².